The summed E-state index contributed by atoms with van der Waals surface area (Å²) >= 11 is 0. The summed E-state index contributed by atoms with van der Waals surface area (Å²) in [5.74, 6) is -0.0170. The van der Waals surface area contributed by atoms with Crippen molar-refractivity contribution >= 4 is 11.9 Å². The van der Waals surface area contributed by atoms with Crippen molar-refractivity contribution in [2.45, 2.75) is 19.4 Å². The zero-order chi connectivity index (χ0) is 7.56. The predicted octanol–water partition coefficient (Wildman–Crippen LogP) is 0.0739. The Hall–Kier alpha value is -1.06. The number of hydrogen-bond donors (Lipinski definition) is 1. The molecule has 1 fully saturated rings. The van der Waals surface area contributed by atoms with E-state index in [1.807, 2.05) is 0 Å². The first-order valence-corrected chi connectivity index (χ1v) is 3.14. The molecule has 4 nitrogen and oxygen atoms in total. The van der Waals surface area contributed by atoms with E-state index in [2.05, 4.69) is 10.1 Å². The van der Waals surface area contributed by atoms with E-state index in [1.54, 1.807) is 0 Å². The van der Waals surface area contributed by atoms with E-state index in [4.69, 9.17) is 0 Å². The molecule has 1 unspecified atom stereocenters. The van der Waals surface area contributed by atoms with Crippen molar-refractivity contribution in [1.29, 1.82) is 0 Å². The monoisotopic (exact) mass is 143 g/mol. The highest BCUT2D eigenvalue weighted by Gasteiger charge is 2.21. The van der Waals surface area contributed by atoms with Gasteiger partial charge in [-0.25, -0.2) is 4.79 Å². The molecule has 0 spiro atoms. The first-order valence-electron chi connectivity index (χ1n) is 3.14. The first kappa shape index (κ1) is 7.05. The van der Waals surface area contributed by atoms with Crippen LogP contribution in [0.5, 0.6) is 0 Å². The second-order valence-corrected chi connectivity index (χ2v) is 2.23. The van der Waals surface area contributed by atoms with Crippen molar-refractivity contribution in [1.82, 2.24) is 5.32 Å². The Bertz CT molecular complexity index is 164. The lowest BCUT2D eigenvalue weighted by Gasteiger charge is -2.20. The van der Waals surface area contributed by atoms with Crippen molar-refractivity contribution in [3.63, 3.8) is 0 Å². The second kappa shape index (κ2) is 2.68. The minimum atomic E-state index is -0.494. The minimum absolute atomic E-state index is 0.0170. The fourth-order valence-electron chi connectivity index (χ4n) is 0.830. The number of nitrogens with one attached hydrogen (secondary N) is 1. The van der Waals surface area contributed by atoms with Crippen LogP contribution < -0.4 is 5.32 Å². The molecule has 0 aromatic carbocycles. The minimum Gasteiger partial charge on any atom is -0.449 e. The quantitative estimate of drug-likeness (QED) is 0.565. The van der Waals surface area contributed by atoms with Crippen molar-refractivity contribution in [2.24, 2.45) is 0 Å². The molecule has 0 aliphatic carbocycles. The molecule has 0 bridgehead atoms. The second-order valence-electron chi connectivity index (χ2n) is 2.23. The van der Waals surface area contributed by atoms with Gasteiger partial charge in [0.25, 0.3) is 0 Å². The molecule has 0 aromatic heterocycles. The van der Waals surface area contributed by atoms with E-state index >= 15 is 0 Å². The molecule has 1 heterocycles. The van der Waals surface area contributed by atoms with Gasteiger partial charge >= 0.3 is 6.09 Å². The zero-order valence-electron chi connectivity index (χ0n) is 5.72. The largest absolute Gasteiger partial charge is 0.449 e. The van der Waals surface area contributed by atoms with Crippen molar-refractivity contribution in [3.8, 4) is 0 Å². The molecule has 1 rings (SSSR count). The van der Waals surface area contributed by atoms with Crippen LogP contribution >= 0.6 is 0 Å². The molecule has 1 amide bonds. The van der Waals surface area contributed by atoms with Gasteiger partial charge in [-0.2, -0.15) is 0 Å². The molecule has 10 heavy (non-hydrogen) atoms. The van der Waals surface area contributed by atoms with Gasteiger partial charge in [0.2, 0.25) is 0 Å². The molecular weight excluding hydrogens is 134 g/mol. The number of alkyl carbamates (subject to hydrolysis) is 1. The number of carbonyl (C=O) groups excluding carboxylic acids is 2. The van der Waals surface area contributed by atoms with Crippen LogP contribution in [-0.4, -0.2) is 24.5 Å². The number of Topliss-reactive ketones (excluding diaryl/α,β-unsaturated/α-hetero) is 1. The number of amides is 1. The molecule has 0 aromatic rings. The summed E-state index contributed by atoms with van der Waals surface area (Å²) in [6, 6.07) is -0.332. The number of ether oxygens (including phenoxy) is 1. The van der Waals surface area contributed by atoms with Crippen molar-refractivity contribution in [3.05, 3.63) is 0 Å². The smallest absolute Gasteiger partial charge is 0.407 e. The van der Waals surface area contributed by atoms with Gasteiger partial charge in [-0.1, -0.05) is 0 Å². The maximum Gasteiger partial charge on any atom is 0.407 e. The summed E-state index contributed by atoms with van der Waals surface area (Å²) in [5, 5.41) is 2.41. The van der Waals surface area contributed by atoms with Crippen LogP contribution in [0.1, 0.15) is 13.3 Å². The molecule has 1 saturated heterocycles. The molecule has 4 heteroatoms. The van der Waals surface area contributed by atoms with E-state index in [0.29, 0.717) is 13.0 Å². The van der Waals surface area contributed by atoms with E-state index in [-0.39, 0.29) is 11.8 Å². The Morgan fingerprint density at radius 3 is 2.90 bits per heavy atom. The van der Waals surface area contributed by atoms with Gasteiger partial charge in [0.1, 0.15) is 0 Å². The van der Waals surface area contributed by atoms with E-state index < -0.39 is 6.09 Å². The molecule has 0 radical (unpaired) electrons. The fraction of sp³-hybridized carbons (Fsp3) is 0.667. The summed E-state index contributed by atoms with van der Waals surface area (Å²) < 4.78 is 4.56. The van der Waals surface area contributed by atoms with E-state index in [9.17, 15) is 9.59 Å². The standard InChI is InChI=1S/C6H9NO3/c1-4(8)5-2-3-10-6(9)7-5/h5H,2-3H2,1H3,(H,7,9). The number of cyclic esters (lactones) is 1. The summed E-state index contributed by atoms with van der Waals surface area (Å²) in [5.41, 5.74) is 0. The van der Waals surface area contributed by atoms with Crippen LogP contribution in [0.4, 0.5) is 4.79 Å². The van der Waals surface area contributed by atoms with Gasteiger partial charge < -0.3 is 10.1 Å². The van der Waals surface area contributed by atoms with Crippen LogP contribution in [0.25, 0.3) is 0 Å². The molecular formula is C6H9NO3. The molecule has 1 aliphatic heterocycles. The number of hydrogen-bond acceptors (Lipinski definition) is 3. The van der Waals surface area contributed by atoms with Gasteiger partial charge in [-0.3, -0.25) is 4.79 Å². The van der Waals surface area contributed by atoms with Crippen molar-refractivity contribution in [2.75, 3.05) is 6.61 Å². The van der Waals surface area contributed by atoms with Crippen LogP contribution in [-0.2, 0) is 9.53 Å². The fourth-order valence-corrected chi connectivity index (χ4v) is 0.830. The highest BCUT2D eigenvalue weighted by Crippen LogP contribution is 2.01. The maximum atomic E-state index is 10.7. The normalized spacial score (nSPS) is 24.9. The van der Waals surface area contributed by atoms with Crippen LogP contribution in [0.15, 0.2) is 0 Å². The average molecular weight is 143 g/mol. The topological polar surface area (TPSA) is 55.4 Å². The third-order valence-electron chi connectivity index (χ3n) is 1.42. The summed E-state index contributed by atoms with van der Waals surface area (Å²) in [6.45, 7) is 1.80. The Morgan fingerprint density at radius 1 is 1.80 bits per heavy atom. The molecule has 1 N–H and O–H groups in total. The SMILES string of the molecule is CC(=O)C1CCOC(=O)N1. The predicted molar refractivity (Wildman–Crippen MR) is 33.6 cm³/mol. The van der Waals surface area contributed by atoms with E-state index in [1.165, 1.54) is 6.92 Å². The Morgan fingerprint density at radius 2 is 2.50 bits per heavy atom. The molecule has 1 aliphatic rings. The molecule has 56 valence electrons. The zero-order valence-corrected chi connectivity index (χ0v) is 5.72. The summed E-state index contributed by atoms with van der Waals surface area (Å²) in [4.78, 5) is 21.2. The summed E-state index contributed by atoms with van der Waals surface area (Å²) in [6.07, 6.45) is 0.0904. The molecule has 1 atom stereocenters. The van der Waals surface area contributed by atoms with Gasteiger partial charge in [0.05, 0.1) is 12.6 Å². The lowest BCUT2D eigenvalue weighted by atomic mass is 10.1. The number of ketones is 1. The van der Waals surface area contributed by atoms with E-state index in [0.717, 1.165) is 0 Å². The van der Waals surface area contributed by atoms with Gasteiger partial charge in [0, 0.05) is 6.42 Å². The summed E-state index contributed by atoms with van der Waals surface area (Å²) in [7, 11) is 0. The van der Waals surface area contributed by atoms with Crippen LogP contribution in [0, 0.1) is 0 Å². The highest BCUT2D eigenvalue weighted by molar-refractivity contribution is 5.85. The van der Waals surface area contributed by atoms with Crippen molar-refractivity contribution < 1.29 is 14.3 Å². The first-order chi connectivity index (χ1) is 4.70. The lowest BCUT2D eigenvalue weighted by molar-refractivity contribution is -0.119. The number of rotatable bonds is 1. The Balaban J connectivity index is 2.47. The lowest BCUT2D eigenvalue weighted by Crippen LogP contribution is -2.45. The average Bonchev–Trinajstić information content (AvgIpc) is 1.88. The Labute approximate surface area is 58.5 Å². The van der Waals surface area contributed by atoms with Gasteiger partial charge in [-0.05, 0) is 6.92 Å². The third kappa shape index (κ3) is 1.46. The van der Waals surface area contributed by atoms with Crippen LogP contribution in [0.3, 0.4) is 0 Å². The maximum absolute atomic E-state index is 10.7. The van der Waals surface area contributed by atoms with Crippen LogP contribution in [0.2, 0.25) is 0 Å². The number of carbonyl (C=O) groups is 2. The Kier molecular flexibility index (Phi) is 1.89. The van der Waals surface area contributed by atoms with Gasteiger partial charge in [-0.15, -0.1) is 0 Å². The molecule has 0 saturated carbocycles. The van der Waals surface area contributed by atoms with Gasteiger partial charge in [0.15, 0.2) is 5.78 Å². The highest BCUT2D eigenvalue weighted by atomic mass is 16.5. The third-order valence-corrected chi connectivity index (χ3v) is 1.42.